The van der Waals surface area contributed by atoms with Crippen LogP contribution in [-0.2, 0) is 14.8 Å². The standard InChI is InChI=1S/C14H24N2O3S/c1-11-9-13(15-3)10-12(2)14(11)20(17,18)16-7-5-6-8-19-4/h9-10,15-16H,5-8H2,1-4H3. The average molecular weight is 300 g/mol. The fourth-order valence-corrected chi connectivity index (χ4v) is 3.69. The fraction of sp³-hybridized carbons (Fsp3) is 0.571. The molecule has 0 bridgehead atoms. The van der Waals surface area contributed by atoms with Gasteiger partial charge in [0.25, 0.3) is 0 Å². The zero-order chi connectivity index (χ0) is 15.2. The zero-order valence-electron chi connectivity index (χ0n) is 12.6. The van der Waals surface area contributed by atoms with Crippen LogP contribution in [0, 0.1) is 13.8 Å². The fourth-order valence-electron chi connectivity index (χ4n) is 2.17. The van der Waals surface area contributed by atoms with Gasteiger partial charge in [0, 0.05) is 33.0 Å². The van der Waals surface area contributed by atoms with Gasteiger partial charge in [-0.1, -0.05) is 0 Å². The first-order chi connectivity index (χ1) is 9.42. The summed E-state index contributed by atoms with van der Waals surface area (Å²) in [6.45, 7) is 4.70. The van der Waals surface area contributed by atoms with Crippen molar-refractivity contribution in [3.8, 4) is 0 Å². The molecule has 1 aromatic carbocycles. The highest BCUT2D eigenvalue weighted by Crippen LogP contribution is 2.24. The number of ether oxygens (including phenoxy) is 1. The summed E-state index contributed by atoms with van der Waals surface area (Å²) in [4.78, 5) is 0.378. The van der Waals surface area contributed by atoms with E-state index < -0.39 is 10.0 Å². The van der Waals surface area contributed by atoms with Crippen molar-refractivity contribution in [2.45, 2.75) is 31.6 Å². The first kappa shape index (κ1) is 16.9. The lowest BCUT2D eigenvalue weighted by atomic mass is 10.1. The molecule has 1 rings (SSSR count). The summed E-state index contributed by atoms with van der Waals surface area (Å²) in [6, 6.07) is 3.68. The normalized spacial score (nSPS) is 11.6. The van der Waals surface area contributed by atoms with Crippen molar-refractivity contribution in [2.24, 2.45) is 0 Å². The average Bonchev–Trinajstić information content (AvgIpc) is 2.37. The Hall–Kier alpha value is -1.11. The third kappa shape index (κ3) is 4.47. The minimum absolute atomic E-state index is 0.378. The van der Waals surface area contributed by atoms with Gasteiger partial charge in [-0.15, -0.1) is 0 Å². The molecule has 1 aromatic rings. The molecule has 114 valence electrons. The molecular weight excluding hydrogens is 276 g/mol. The molecule has 0 atom stereocenters. The largest absolute Gasteiger partial charge is 0.388 e. The van der Waals surface area contributed by atoms with E-state index in [1.165, 1.54) is 0 Å². The molecule has 6 heteroatoms. The summed E-state index contributed by atoms with van der Waals surface area (Å²) >= 11 is 0. The van der Waals surface area contributed by atoms with E-state index in [0.717, 1.165) is 29.7 Å². The van der Waals surface area contributed by atoms with Crippen LogP contribution in [0.4, 0.5) is 5.69 Å². The number of anilines is 1. The Balaban J connectivity index is 2.82. The Labute approximate surface area is 121 Å². The lowest BCUT2D eigenvalue weighted by Crippen LogP contribution is -2.26. The van der Waals surface area contributed by atoms with Crippen LogP contribution in [0.15, 0.2) is 17.0 Å². The van der Waals surface area contributed by atoms with Crippen LogP contribution in [0.2, 0.25) is 0 Å². The van der Waals surface area contributed by atoms with E-state index in [9.17, 15) is 8.42 Å². The maximum absolute atomic E-state index is 12.3. The maximum atomic E-state index is 12.3. The predicted octanol–water partition coefficient (Wildman–Crippen LogP) is 2.05. The molecule has 0 saturated heterocycles. The SMILES string of the molecule is CNc1cc(C)c(S(=O)(=O)NCCCCOC)c(C)c1. The molecule has 5 nitrogen and oxygen atoms in total. The number of nitrogens with one attached hydrogen (secondary N) is 2. The number of sulfonamides is 1. The molecule has 0 aliphatic rings. The highest BCUT2D eigenvalue weighted by molar-refractivity contribution is 7.89. The van der Waals surface area contributed by atoms with Gasteiger partial charge in [-0.2, -0.15) is 0 Å². The van der Waals surface area contributed by atoms with Gasteiger partial charge in [0.15, 0.2) is 0 Å². The van der Waals surface area contributed by atoms with Gasteiger partial charge in [-0.05, 0) is 49.9 Å². The number of benzene rings is 1. The lowest BCUT2D eigenvalue weighted by molar-refractivity contribution is 0.193. The van der Waals surface area contributed by atoms with Gasteiger partial charge >= 0.3 is 0 Å². The summed E-state index contributed by atoms with van der Waals surface area (Å²) in [5, 5.41) is 3.02. The second-order valence-electron chi connectivity index (χ2n) is 4.79. The Morgan fingerprint density at radius 3 is 2.25 bits per heavy atom. The molecule has 0 aromatic heterocycles. The summed E-state index contributed by atoms with van der Waals surface area (Å²) < 4.78 is 32.3. The quantitative estimate of drug-likeness (QED) is 0.721. The third-order valence-corrected chi connectivity index (χ3v) is 4.85. The van der Waals surface area contributed by atoms with Gasteiger partial charge in [0.2, 0.25) is 10.0 Å². The summed E-state index contributed by atoms with van der Waals surface area (Å²) in [5.41, 5.74) is 2.41. The number of rotatable bonds is 8. The van der Waals surface area contributed by atoms with Crippen molar-refractivity contribution in [1.29, 1.82) is 0 Å². The molecule has 20 heavy (non-hydrogen) atoms. The summed E-state index contributed by atoms with van der Waals surface area (Å²) in [5.74, 6) is 0. The van der Waals surface area contributed by atoms with Gasteiger partial charge in [-0.3, -0.25) is 0 Å². The molecule has 0 heterocycles. The zero-order valence-corrected chi connectivity index (χ0v) is 13.4. The Morgan fingerprint density at radius 2 is 1.75 bits per heavy atom. The molecule has 0 amide bonds. The first-order valence-corrected chi connectivity index (χ1v) is 8.18. The Morgan fingerprint density at radius 1 is 1.15 bits per heavy atom. The summed E-state index contributed by atoms with van der Waals surface area (Å²) in [7, 11) is 0.00263. The van der Waals surface area contributed by atoms with Gasteiger partial charge in [0.05, 0.1) is 4.90 Å². The van der Waals surface area contributed by atoms with E-state index in [1.54, 1.807) is 7.11 Å². The molecule has 0 aliphatic carbocycles. The Bertz CT molecular complexity index is 518. The van der Waals surface area contributed by atoms with E-state index >= 15 is 0 Å². The topological polar surface area (TPSA) is 67.4 Å². The summed E-state index contributed by atoms with van der Waals surface area (Å²) in [6.07, 6.45) is 1.61. The second kappa shape index (κ2) is 7.61. The van der Waals surface area contributed by atoms with Crippen molar-refractivity contribution >= 4 is 15.7 Å². The maximum Gasteiger partial charge on any atom is 0.241 e. The van der Waals surface area contributed by atoms with Crippen molar-refractivity contribution in [2.75, 3.05) is 32.6 Å². The smallest absolute Gasteiger partial charge is 0.241 e. The minimum Gasteiger partial charge on any atom is -0.388 e. The van der Waals surface area contributed by atoms with Gasteiger partial charge in [0.1, 0.15) is 0 Å². The molecule has 2 N–H and O–H groups in total. The van der Waals surface area contributed by atoms with Crippen LogP contribution in [0.5, 0.6) is 0 Å². The van der Waals surface area contributed by atoms with E-state index in [4.69, 9.17) is 4.74 Å². The van der Waals surface area contributed by atoms with Crippen LogP contribution in [-0.4, -0.2) is 35.7 Å². The van der Waals surface area contributed by atoms with Gasteiger partial charge in [-0.25, -0.2) is 13.1 Å². The molecule has 0 saturated carbocycles. The highest BCUT2D eigenvalue weighted by atomic mass is 32.2. The second-order valence-corrected chi connectivity index (χ2v) is 6.49. The lowest BCUT2D eigenvalue weighted by Gasteiger charge is -2.14. The number of unbranched alkanes of at least 4 members (excludes halogenated alkanes) is 1. The highest BCUT2D eigenvalue weighted by Gasteiger charge is 2.19. The minimum atomic E-state index is -3.45. The molecule has 0 fully saturated rings. The molecule has 0 spiro atoms. The van der Waals surface area contributed by atoms with Crippen LogP contribution >= 0.6 is 0 Å². The molecule has 0 unspecified atom stereocenters. The van der Waals surface area contributed by atoms with Crippen LogP contribution in [0.25, 0.3) is 0 Å². The van der Waals surface area contributed by atoms with E-state index in [0.29, 0.717) is 18.0 Å². The van der Waals surface area contributed by atoms with Crippen molar-refractivity contribution < 1.29 is 13.2 Å². The van der Waals surface area contributed by atoms with E-state index in [1.807, 2.05) is 33.0 Å². The van der Waals surface area contributed by atoms with Crippen LogP contribution < -0.4 is 10.0 Å². The number of hydrogen-bond donors (Lipinski definition) is 2. The van der Waals surface area contributed by atoms with E-state index in [2.05, 4.69) is 10.0 Å². The van der Waals surface area contributed by atoms with Crippen molar-refractivity contribution in [1.82, 2.24) is 4.72 Å². The van der Waals surface area contributed by atoms with Gasteiger partial charge < -0.3 is 10.1 Å². The number of aryl methyl sites for hydroxylation is 2. The number of methoxy groups -OCH3 is 1. The van der Waals surface area contributed by atoms with Crippen molar-refractivity contribution in [3.63, 3.8) is 0 Å². The van der Waals surface area contributed by atoms with Crippen LogP contribution in [0.3, 0.4) is 0 Å². The molecule has 0 aliphatic heterocycles. The van der Waals surface area contributed by atoms with E-state index in [-0.39, 0.29) is 0 Å². The molecule has 0 radical (unpaired) electrons. The number of hydrogen-bond acceptors (Lipinski definition) is 4. The van der Waals surface area contributed by atoms with Crippen LogP contribution in [0.1, 0.15) is 24.0 Å². The van der Waals surface area contributed by atoms with Crippen molar-refractivity contribution in [3.05, 3.63) is 23.3 Å². The molecular formula is C14H24N2O3S. The first-order valence-electron chi connectivity index (χ1n) is 6.70. The third-order valence-electron chi connectivity index (χ3n) is 3.09. The predicted molar refractivity (Wildman–Crippen MR) is 81.8 cm³/mol. The Kier molecular flexibility index (Phi) is 6.45. The monoisotopic (exact) mass is 300 g/mol.